The summed E-state index contributed by atoms with van der Waals surface area (Å²) >= 11 is 1.71. The largest absolute Gasteiger partial charge is 0.379 e. The molecule has 0 unspecified atom stereocenters. The van der Waals surface area contributed by atoms with Crippen molar-refractivity contribution in [3.63, 3.8) is 0 Å². The number of thioether (sulfide) groups is 1. The minimum absolute atomic E-state index is 0.198. The highest BCUT2D eigenvalue weighted by Crippen LogP contribution is 2.18. The Hall–Kier alpha value is -1.31. The van der Waals surface area contributed by atoms with Gasteiger partial charge in [-0.3, -0.25) is 9.89 Å². The highest BCUT2D eigenvalue weighted by atomic mass is 32.2. The van der Waals surface area contributed by atoms with Crippen molar-refractivity contribution >= 4 is 17.7 Å². The molecule has 1 aromatic carbocycles. The van der Waals surface area contributed by atoms with Crippen molar-refractivity contribution in [3.05, 3.63) is 30.1 Å². The third kappa shape index (κ3) is 7.99. The first-order chi connectivity index (χ1) is 11.7. The third-order valence-corrected chi connectivity index (χ3v) is 4.83. The fourth-order valence-electron chi connectivity index (χ4n) is 2.38. The summed E-state index contributed by atoms with van der Waals surface area (Å²) in [4.78, 5) is 7.82. The molecular formula is C17H27FN4OS. The Kier molecular flexibility index (Phi) is 8.94. The lowest BCUT2D eigenvalue weighted by Gasteiger charge is -2.26. The number of ether oxygens (including phenoxy) is 1. The van der Waals surface area contributed by atoms with Crippen LogP contribution in [0.4, 0.5) is 4.39 Å². The van der Waals surface area contributed by atoms with Crippen molar-refractivity contribution in [2.45, 2.75) is 17.7 Å². The van der Waals surface area contributed by atoms with E-state index in [0.717, 1.165) is 62.9 Å². The van der Waals surface area contributed by atoms with Crippen LogP contribution in [0.2, 0.25) is 0 Å². The Balaban J connectivity index is 1.48. The quantitative estimate of drug-likeness (QED) is 0.307. The van der Waals surface area contributed by atoms with Gasteiger partial charge in [-0.2, -0.15) is 0 Å². The molecule has 1 aromatic rings. The van der Waals surface area contributed by atoms with Crippen LogP contribution < -0.4 is 11.1 Å². The molecule has 1 saturated heterocycles. The Labute approximate surface area is 147 Å². The molecule has 1 heterocycles. The molecule has 0 radical (unpaired) electrons. The van der Waals surface area contributed by atoms with Gasteiger partial charge in [-0.15, -0.1) is 11.8 Å². The Bertz CT molecular complexity index is 492. The molecule has 0 aromatic heterocycles. The number of aliphatic imine (C=N–C) groups is 1. The Morgan fingerprint density at radius 1 is 1.25 bits per heavy atom. The topological polar surface area (TPSA) is 62.9 Å². The van der Waals surface area contributed by atoms with Crippen LogP contribution >= 0.6 is 11.8 Å². The first-order valence-corrected chi connectivity index (χ1v) is 9.45. The zero-order chi connectivity index (χ0) is 17.0. The maximum atomic E-state index is 12.8. The molecule has 0 bridgehead atoms. The van der Waals surface area contributed by atoms with Crippen LogP contribution in [0.3, 0.4) is 0 Å². The molecule has 1 fully saturated rings. The minimum atomic E-state index is -0.198. The molecule has 1 aliphatic heterocycles. The maximum absolute atomic E-state index is 12.8. The monoisotopic (exact) mass is 354 g/mol. The van der Waals surface area contributed by atoms with Gasteiger partial charge in [-0.1, -0.05) is 0 Å². The van der Waals surface area contributed by atoms with Crippen LogP contribution in [-0.4, -0.2) is 62.5 Å². The molecule has 0 saturated carbocycles. The van der Waals surface area contributed by atoms with E-state index in [4.69, 9.17) is 10.5 Å². The number of nitrogens with zero attached hydrogens (tertiary/aromatic N) is 2. The van der Waals surface area contributed by atoms with E-state index in [2.05, 4.69) is 15.2 Å². The molecule has 0 amide bonds. The summed E-state index contributed by atoms with van der Waals surface area (Å²) in [7, 11) is 0. The first kappa shape index (κ1) is 19.0. The van der Waals surface area contributed by atoms with Crippen LogP contribution in [-0.2, 0) is 4.74 Å². The molecule has 24 heavy (non-hydrogen) atoms. The lowest BCUT2D eigenvalue weighted by molar-refractivity contribution is 0.0376. The van der Waals surface area contributed by atoms with E-state index in [1.165, 1.54) is 12.1 Å². The summed E-state index contributed by atoms with van der Waals surface area (Å²) in [5.41, 5.74) is 5.86. The number of nitrogens with two attached hydrogens (primary N) is 1. The second-order valence-electron chi connectivity index (χ2n) is 5.66. The van der Waals surface area contributed by atoms with Crippen LogP contribution in [0.5, 0.6) is 0 Å². The molecule has 3 N–H and O–H groups in total. The lowest BCUT2D eigenvalue weighted by atomic mass is 10.3. The fraction of sp³-hybridized carbons (Fsp3) is 0.588. The van der Waals surface area contributed by atoms with Crippen molar-refractivity contribution in [3.8, 4) is 0 Å². The molecule has 0 spiro atoms. The highest BCUT2D eigenvalue weighted by Gasteiger charge is 2.08. The summed E-state index contributed by atoms with van der Waals surface area (Å²) in [6.45, 7) is 6.34. The minimum Gasteiger partial charge on any atom is -0.379 e. The number of guanidine groups is 1. The van der Waals surface area contributed by atoms with E-state index >= 15 is 0 Å². The number of rotatable bonds is 9. The van der Waals surface area contributed by atoms with Gasteiger partial charge in [0.1, 0.15) is 5.82 Å². The van der Waals surface area contributed by atoms with Gasteiger partial charge in [-0.05, 0) is 49.4 Å². The van der Waals surface area contributed by atoms with E-state index in [0.29, 0.717) is 12.5 Å². The smallest absolute Gasteiger partial charge is 0.188 e. The molecule has 134 valence electrons. The average Bonchev–Trinajstić information content (AvgIpc) is 2.61. The van der Waals surface area contributed by atoms with E-state index in [-0.39, 0.29) is 5.82 Å². The van der Waals surface area contributed by atoms with Gasteiger partial charge in [0.15, 0.2) is 5.96 Å². The van der Waals surface area contributed by atoms with Crippen LogP contribution in [0, 0.1) is 5.82 Å². The number of nitrogens with one attached hydrogen (secondary N) is 1. The third-order valence-electron chi connectivity index (χ3n) is 3.73. The zero-order valence-corrected chi connectivity index (χ0v) is 14.9. The normalized spacial score (nSPS) is 16.3. The van der Waals surface area contributed by atoms with E-state index in [1.807, 2.05) is 0 Å². The van der Waals surface area contributed by atoms with Crippen molar-refractivity contribution in [1.29, 1.82) is 0 Å². The molecule has 7 heteroatoms. The number of hydrogen-bond acceptors (Lipinski definition) is 4. The Morgan fingerprint density at radius 2 is 2.00 bits per heavy atom. The first-order valence-electron chi connectivity index (χ1n) is 8.46. The van der Waals surface area contributed by atoms with Crippen LogP contribution in [0.15, 0.2) is 34.2 Å². The second-order valence-corrected chi connectivity index (χ2v) is 6.83. The van der Waals surface area contributed by atoms with Crippen molar-refractivity contribution in [1.82, 2.24) is 10.2 Å². The average molecular weight is 354 g/mol. The standard InChI is InChI=1S/C17H27FN4OS/c18-15-3-5-16(6-4-15)24-14-2-8-21-17(19)20-7-1-9-22-10-12-23-13-11-22/h3-6H,1-2,7-14H2,(H3,19,20,21). The summed E-state index contributed by atoms with van der Waals surface area (Å²) < 4.78 is 18.1. The summed E-state index contributed by atoms with van der Waals surface area (Å²) in [5.74, 6) is 1.26. The Morgan fingerprint density at radius 3 is 2.75 bits per heavy atom. The van der Waals surface area contributed by atoms with Gasteiger partial charge < -0.3 is 15.8 Å². The fourth-order valence-corrected chi connectivity index (χ4v) is 3.22. The predicted octanol–water partition coefficient (Wildman–Crippen LogP) is 1.93. The maximum Gasteiger partial charge on any atom is 0.188 e. The van der Waals surface area contributed by atoms with Crippen molar-refractivity contribution < 1.29 is 9.13 Å². The predicted molar refractivity (Wildman–Crippen MR) is 98.1 cm³/mol. The molecular weight excluding hydrogens is 327 g/mol. The zero-order valence-electron chi connectivity index (χ0n) is 14.0. The lowest BCUT2D eigenvalue weighted by Crippen LogP contribution is -2.39. The summed E-state index contributed by atoms with van der Waals surface area (Å²) in [6, 6.07) is 6.57. The van der Waals surface area contributed by atoms with Crippen LogP contribution in [0.25, 0.3) is 0 Å². The molecule has 2 rings (SSSR count). The molecule has 1 aliphatic rings. The summed E-state index contributed by atoms with van der Waals surface area (Å²) in [5, 5.41) is 3.16. The van der Waals surface area contributed by atoms with E-state index in [9.17, 15) is 4.39 Å². The van der Waals surface area contributed by atoms with E-state index in [1.54, 1.807) is 23.9 Å². The SMILES string of the molecule is NC(=NCCCSc1ccc(F)cc1)NCCCN1CCOCC1. The number of hydrogen-bond donors (Lipinski definition) is 2. The van der Waals surface area contributed by atoms with Crippen molar-refractivity contribution in [2.75, 3.05) is 51.7 Å². The number of morpholine rings is 1. The van der Waals surface area contributed by atoms with Gasteiger partial charge in [-0.25, -0.2) is 4.39 Å². The van der Waals surface area contributed by atoms with E-state index < -0.39 is 0 Å². The second kappa shape index (κ2) is 11.3. The van der Waals surface area contributed by atoms with Gasteiger partial charge in [0.2, 0.25) is 0 Å². The number of benzene rings is 1. The molecule has 5 nitrogen and oxygen atoms in total. The number of halogens is 1. The summed E-state index contributed by atoms with van der Waals surface area (Å²) in [6.07, 6.45) is 1.99. The highest BCUT2D eigenvalue weighted by molar-refractivity contribution is 7.99. The van der Waals surface area contributed by atoms with Crippen LogP contribution in [0.1, 0.15) is 12.8 Å². The molecule has 0 atom stereocenters. The van der Waals surface area contributed by atoms with Gasteiger partial charge >= 0.3 is 0 Å². The van der Waals surface area contributed by atoms with Gasteiger partial charge in [0.05, 0.1) is 13.2 Å². The van der Waals surface area contributed by atoms with Gasteiger partial charge in [0.25, 0.3) is 0 Å². The van der Waals surface area contributed by atoms with Crippen molar-refractivity contribution in [2.24, 2.45) is 10.7 Å². The molecule has 0 aliphatic carbocycles. The van der Waals surface area contributed by atoms with Gasteiger partial charge in [0, 0.05) is 31.1 Å².